The molecule has 12 heteroatoms. The number of anilines is 1. The number of hydrogen-bond acceptors (Lipinski definition) is 8. The molecule has 2 heterocycles. The van der Waals surface area contributed by atoms with Crippen molar-refractivity contribution in [3.63, 3.8) is 0 Å². The number of urea groups is 1. The van der Waals surface area contributed by atoms with Crippen molar-refractivity contribution in [3.8, 4) is 11.5 Å². The van der Waals surface area contributed by atoms with E-state index in [1.54, 1.807) is 0 Å². The van der Waals surface area contributed by atoms with E-state index in [0.29, 0.717) is 16.4 Å². The number of carbonyl (C=O) groups excluding carboxylic acids is 4. The van der Waals surface area contributed by atoms with Gasteiger partial charge in [0.05, 0.1) is 10.6 Å². The summed E-state index contributed by atoms with van der Waals surface area (Å²) in [5.41, 5.74) is -1.32. The van der Waals surface area contributed by atoms with Gasteiger partial charge in [0.2, 0.25) is 12.7 Å². The van der Waals surface area contributed by atoms with Crippen LogP contribution in [-0.2, 0) is 15.1 Å². The molecule has 1 fully saturated rings. The number of nitrogens with one attached hydrogen (secondary N) is 2. The fraction of sp³-hybridized carbons (Fsp3) is 0.238. The lowest BCUT2D eigenvalue weighted by molar-refractivity contribution is -0.385. The van der Waals surface area contributed by atoms with Crippen LogP contribution in [0.5, 0.6) is 11.5 Å². The Labute approximate surface area is 186 Å². The van der Waals surface area contributed by atoms with E-state index in [4.69, 9.17) is 9.47 Å². The topological polar surface area (TPSA) is 157 Å². The maximum Gasteiger partial charge on any atom is 0.325 e. The van der Waals surface area contributed by atoms with Gasteiger partial charge in [0.25, 0.3) is 11.6 Å². The number of carbonyl (C=O) groups is 4. The standard InChI is InChI=1S/C21H18N4O8/c1-11(26)14-7-16-17(33-10-32-16)8-15(14)22-18(27)9-24-19(28)21(2,23-20(24)29)12-4-3-5-13(6-12)25(30)31/h3-8H,9-10H2,1-2H3,(H,22,27)(H,23,29). The van der Waals surface area contributed by atoms with E-state index < -0.39 is 34.9 Å². The van der Waals surface area contributed by atoms with Gasteiger partial charge < -0.3 is 20.1 Å². The van der Waals surface area contributed by atoms with E-state index in [2.05, 4.69) is 10.6 Å². The zero-order chi connectivity index (χ0) is 23.9. The van der Waals surface area contributed by atoms with Crippen LogP contribution in [0.4, 0.5) is 16.2 Å². The number of nitrogens with zero attached hydrogens (tertiary/aromatic N) is 2. The molecule has 2 aromatic carbocycles. The zero-order valence-electron chi connectivity index (χ0n) is 17.5. The molecule has 0 aliphatic carbocycles. The van der Waals surface area contributed by atoms with E-state index in [-0.39, 0.29) is 35.1 Å². The minimum Gasteiger partial charge on any atom is -0.454 e. The average molecular weight is 454 g/mol. The van der Waals surface area contributed by atoms with Gasteiger partial charge in [-0.25, -0.2) is 4.79 Å². The number of imide groups is 1. The van der Waals surface area contributed by atoms with Crippen LogP contribution < -0.4 is 20.1 Å². The minimum atomic E-state index is -1.59. The maximum absolute atomic E-state index is 13.0. The number of amides is 4. The fourth-order valence-electron chi connectivity index (χ4n) is 3.64. The first-order chi connectivity index (χ1) is 15.6. The first-order valence-electron chi connectivity index (χ1n) is 9.73. The first kappa shape index (κ1) is 21.7. The van der Waals surface area contributed by atoms with Crippen molar-refractivity contribution in [2.45, 2.75) is 19.4 Å². The molecule has 0 saturated carbocycles. The van der Waals surface area contributed by atoms with Crippen molar-refractivity contribution in [1.82, 2.24) is 10.2 Å². The van der Waals surface area contributed by atoms with Crippen LogP contribution >= 0.6 is 0 Å². The van der Waals surface area contributed by atoms with Crippen molar-refractivity contribution < 1.29 is 33.6 Å². The highest BCUT2D eigenvalue weighted by atomic mass is 16.7. The van der Waals surface area contributed by atoms with E-state index in [0.717, 1.165) is 0 Å². The average Bonchev–Trinajstić information content (AvgIpc) is 3.31. The van der Waals surface area contributed by atoms with Crippen molar-refractivity contribution in [3.05, 3.63) is 57.6 Å². The number of fused-ring (bicyclic) bond motifs is 1. The summed E-state index contributed by atoms with van der Waals surface area (Å²) in [5.74, 6) is -1.12. The molecule has 2 aliphatic heterocycles. The van der Waals surface area contributed by atoms with Gasteiger partial charge in [-0.15, -0.1) is 0 Å². The molecule has 1 atom stereocenters. The number of Topliss-reactive ketones (excluding diaryl/α,β-unsaturated/α-hetero) is 1. The molecule has 0 bridgehead atoms. The number of ether oxygens (including phenoxy) is 2. The molecule has 2 aliphatic rings. The van der Waals surface area contributed by atoms with Crippen LogP contribution in [0.25, 0.3) is 0 Å². The lowest BCUT2D eigenvalue weighted by Gasteiger charge is -2.22. The van der Waals surface area contributed by atoms with Gasteiger partial charge in [0.15, 0.2) is 17.3 Å². The van der Waals surface area contributed by atoms with Crippen LogP contribution in [0.3, 0.4) is 0 Å². The summed E-state index contributed by atoms with van der Waals surface area (Å²) >= 11 is 0. The third kappa shape index (κ3) is 3.82. The predicted molar refractivity (Wildman–Crippen MR) is 112 cm³/mol. The highest BCUT2D eigenvalue weighted by Crippen LogP contribution is 2.37. The largest absolute Gasteiger partial charge is 0.454 e. The SMILES string of the molecule is CC(=O)c1cc2c(cc1NC(=O)CN1C(=O)NC(C)(c3cccc([N+](=O)[O-])c3)C1=O)OCO2. The summed E-state index contributed by atoms with van der Waals surface area (Å²) in [4.78, 5) is 61.4. The summed E-state index contributed by atoms with van der Waals surface area (Å²) in [7, 11) is 0. The highest BCUT2D eigenvalue weighted by Gasteiger charge is 2.49. The molecule has 12 nitrogen and oxygen atoms in total. The Bertz CT molecular complexity index is 1230. The Balaban J connectivity index is 1.54. The van der Waals surface area contributed by atoms with Gasteiger partial charge >= 0.3 is 6.03 Å². The molecule has 2 aromatic rings. The molecule has 33 heavy (non-hydrogen) atoms. The third-order valence-electron chi connectivity index (χ3n) is 5.38. The lowest BCUT2D eigenvalue weighted by atomic mass is 9.91. The second-order valence-corrected chi connectivity index (χ2v) is 7.61. The Kier molecular flexibility index (Phi) is 5.20. The van der Waals surface area contributed by atoms with Crippen LogP contribution in [-0.4, -0.2) is 46.8 Å². The molecule has 0 spiro atoms. The molecular weight excluding hydrogens is 436 g/mol. The zero-order valence-corrected chi connectivity index (χ0v) is 17.5. The Hall–Kier alpha value is -4.48. The first-order valence-corrected chi connectivity index (χ1v) is 9.73. The predicted octanol–water partition coefficient (Wildman–Crippen LogP) is 1.93. The highest BCUT2D eigenvalue weighted by molar-refractivity contribution is 6.11. The smallest absolute Gasteiger partial charge is 0.325 e. The maximum atomic E-state index is 13.0. The van der Waals surface area contributed by atoms with Gasteiger partial charge in [-0.1, -0.05) is 12.1 Å². The van der Waals surface area contributed by atoms with E-state index >= 15 is 0 Å². The Morgan fingerprint density at radius 2 is 1.91 bits per heavy atom. The summed E-state index contributed by atoms with van der Waals surface area (Å²) in [6.45, 7) is 2.05. The van der Waals surface area contributed by atoms with Gasteiger partial charge in [-0.05, 0) is 25.5 Å². The van der Waals surface area contributed by atoms with Crippen molar-refractivity contribution in [1.29, 1.82) is 0 Å². The molecule has 1 saturated heterocycles. The van der Waals surface area contributed by atoms with E-state index in [9.17, 15) is 29.3 Å². The van der Waals surface area contributed by atoms with E-state index in [1.165, 1.54) is 50.2 Å². The van der Waals surface area contributed by atoms with Crippen molar-refractivity contribution >= 4 is 35.0 Å². The van der Waals surface area contributed by atoms with Crippen LogP contribution in [0, 0.1) is 10.1 Å². The van der Waals surface area contributed by atoms with Gasteiger partial charge in [-0.2, -0.15) is 0 Å². The molecule has 1 unspecified atom stereocenters. The van der Waals surface area contributed by atoms with Crippen LogP contribution in [0.2, 0.25) is 0 Å². The lowest BCUT2D eigenvalue weighted by Crippen LogP contribution is -2.42. The Morgan fingerprint density at radius 1 is 1.21 bits per heavy atom. The van der Waals surface area contributed by atoms with Crippen molar-refractivity contribution in [2.75, 3.05) is 18.7 Å². The van der Waals surface area contributed by atoms with Gasteiger partial charge in [-0.3, -0.25) is 29.4 Å². The number of non-ortho nitro benzene ring substituents is 1. The second kappa shape index (κ2) is 7.89. The van der Waals surface area contributed by atoms with Gasteiger partial charge in [0, 0.05) is 23.8 Å². The minimum absolute atomic E-state index is 0.0250. The molecule has 0 aromatic heterocycles. The number of nitro groups is 1. The molecule has 4 amide bonds. The fourth-order valence-corrected chi connectivity index (χ4v) is 3.64. The third-order valence-corrected chi connectivity index (χ3v) is 5.38. The molecule has 170 valence electrons. The normalized spacial score (nSPS) is 18.8. The van der Waals surface area contributed by atoms with Crippen LogP contribution in [0.1, 0.15) is 29.8 Å². The molecule has 2 N–H and O–H groups in total. The van der Waals surface area contributed by atoms with Crippen molar-refractivity contribution in [2.24, 2.45) is 0 Å². The quantitative estimate of drug-likeness (QED) is 0.290. The molecule has 0 radical (unpaired) electrons. The Morgan fingerprint density at radius 3 is 2.58 bits per heavy atom. The van der Waals surface area contributed by atoms with E-state index in [1.807, 2.05) is 0 Å². The summed E-state index contributed by atoms with van der Waals surface area (Å²) in [6.07, 6.45) is 0. The number of ketones is 1. The summed E-state index contributed by atoms with van der Waals surface area (Å²) in [6, 6.07) is 7.35. The van der Waals surface area contributed by atoms with Crippen LogP contribution in [0.15, 0.2) is 36.4 Å². The number of rotatable bonds is 6. The number of benzene rings is 2. The number of hydrogen-bond donors (Lipinski definition) is 2. The molecular formula is C21H18N4O8. The summed E-state index contributed by atoms with van der Waals surface area (Å²) < 4.78 is 10.5. The van der Waals surface area contributed by atoms with Gasteiger partial charge in [0.1, 0.15) is 12.1 Å². The molecule has 4 rings (SSSR count). The summed E-state index contributed by atoms with van der Waals surface area (Å²) in [5, 5.41) is 16.1. The second-order valence-electron chi connectivity index (χ2n) is 7.61. The number of nitro benzene ring substituents is 1. The monoisotopic (exact) mass is 454 g/mol.